The molecule has 0 aromatic carbocycles. The Morgan fingerprint density at radius 3 is 2.80 bits per heavy atom. The number of hydrogen-bond acceptors (Lipinski definition) is 5. The Kier molecular flexibility index (Phi) is 5.00. The minimum atomic E-state index is 0.433. The van der Waals surface area contributed by atoms with Crippen LogP contribution in [0, 0.1) is 0 Å². The minimum absolute atomic E-state index is 0.433. The maximum atomic E-state index is 5.33. The average Bonchev–Trinajstić information content (AvgIpc) is 2.26. The topological polar surface area (TPSA) is 73.1 Å². The van der Waals surface area contributed by atoms with Crippen molar-refractivity contribution in [1.29, 1.82) is 0 Å². The molecular formula is C10H18N4O. The van der Waals surface area contributed by atoms with Crippen molar-refractivity contribution in [3.63, 3.8) is 0 Å². The van der Waals surface area contributed by atoms with E-state index in [-0.39, 0.29) is 0 Å². The molecule has 0 spiro atoms. The summed E-state index contributed by atoms with van der Waals surface area (Å²) in [5.41, 5.74) is 3.53. The van der Waals surface area contributed by atoms with Crippen LogP contribution in [0.5, 0.6) is 0 Å². The van der Waals surface area contributed by atoms with E-state index in [9.17, 15) is 0 Å². The molecule has 0 atom stereocenters. The predicted molar refractivity (Wildman–Crippen MR) is 59.2 cm³/mol. The summed E-state index contributed by atoms with van der Waals surface area (Å²) in [4.78, 5) is 8.58. The maximum absolute atomic E-state index is 5.33. The molecule has 0 unspecified atom stereocenters. The summed E-state index contributed by atoms with van der Waals surface area (Å²) in [6.45, 7) is 5.15. The lowest BCUT2D eigenvalue weighted by atomic mass is 10.2. The van der Waals surface area contributed by atoms with E-state index in [1.807, 2.05) is 13.0 Å². The van der Waals surface area contributed by atoms with Gasteiger partial charge in [0, 0.05) is 18.4 Å². The third kappa shape index (κ3) is 3.81. The molecule has 1 heterocycles. The Morgan fingerprint density at radius 1 is 1.40 bits per heavy atom. The molecule has 84 valence electrons. The Morgan fingerprint density at radius 2 is 2.20 bits per heavy atom. The van der Waals surface area contributed by atoms with Crippen LogP contribution in [0.1, 0.15) is 31.8 Å². The quantitative estimate of drug-likeness (QED) is 0.546. The van der Waals surface area contributed by atoms with E-state index in [4.69, 9.17) is 10.6 Å². The van der Waals surface area contributed by atoms with Crippen molar-refractivity contribution in [1.82, 2.24) is 9.97 Å². The molecule has 0 saturated carbocycles. The van der Waals surface area contributed by atoms with Gasteiger partial charge < -0.3 is 10.2 Å². The first-order chi connectivity index (χ1) is 7.30. The zero-order chi connectivity index (χ0) is 11.1. The summed E-state index contributed by atoms with van der Waals surface area (Å²) in [6, 6.07) is 1.86. The Labute approximate surface area is 90.0 Å². The van der Waals surface area contributed by atoms with Gasteiger partial charge in [0.25, 0.3) is 0 Å². The van der Waals surface area contributed by atoms with E-state index in [1.54, 1.807) is 0 Å². The molecule has 5 nitrogen and oxygen atoms in total. The average molecular weight is 210 g/mol. The highest BCUT2D eigenvalue weighted by Gasteiger charge is 2.03. The zero-order valence-electron chi connectivity index (χ0n) is 9.29. The number of hydrogen-bond donors (Lipinski definition) is 2. The van der Waals surface area contributed by atoms with Crippen LogP contribution < -0.4 is 11.3 Å². The molecular weight excluding hydrogens is 192 g/mol. The number of anilines is 1. The van der Waals surface area contributed by atoms with Crippen molar-refractivity contribution in [2.45, 2.75) is 33.3 Å². The van der Waals surface area contributed by atoms with Gasteiger partial charge in [-0.15, -0.1) is 0 Å². The third-order valence-electron chi connectivity index (χ3n) is 1.91. The van der Waals surface area contributed by atoms with E-state index >= 15 is 0 Å². The maximum Gasteiger partial charge on any atom is 0.156 e. The molecule has 0 fully saturated rings. The standard InChI is InChI=1S/C10H18N4O/c1-3-5-8-6-9(14-11)13-10(12-8)7-15-4-2/h6H,3-5,7,11H2,1-2H3,(H,12,13,14). The van der Waals surface area contributed by atoms with E-state index in [0.717, 1.165) is 18.5 Å². The van der Waals surface area contributed by atoms with E-state index in [1.165, 1.54) is 0 Å². The normalized spacial score (nSPS) is 10.3. The highest BCUT2D eigenvalue weighted by molar-refractivity contribution is 5.34. The van der Waals surface area contributed by atoms with Crippen molar-refractivity contribution < 1.29 is 4.74 Å². The summed E-state index contributed by atoms with van der Waals surface area (Å²) in [7, 11) is 0. The number of nitrogens with one attached hydrogen (secondary N) is 1. The summed E-state index contributed by atoms with van der Waals surface area (Å²) in [6.07, 6.45) is 1.98. The number of nitrogen functional groups attached to an aromatic ring is 1. The van der Waals surface area contributed by atoms with Crippen LogP contribution in [0.15, 0.2) is 6.07 Å². The van der Waals surface area contributed by atoms with Gasteiger partial charge in [-0.25, -0.2) is 15.8 Å². The van der Waals surface area contributed by atoms with Crippen LogP contribution in [0.3, 0.4) is 0 Å². The van der Waals surface area contributed by atoms with Gasteiger partial charge in [-0.1, -0.05) is 13.3 Å². The van der Waals surface area contributed by atoms with Crippen molar-refractivity contribution in [3.05, 3.63) is 17.6 Å². The molecule has 5 heteroatoms. The van der Waals surface area contributed by atoms with Gasteiger partial charge >= 0.3 is 0 Å². The molecule has 0 aliphatic heterocycles. The smallest absolute Gasteiger partial charge is 0.156 e. The van der Waals surface area contributed by atoms with Crippen molar-refractivity contribution >= 4 is 5.82 Å². The lowest BCUT2D eigenvalue weighted by Crippen LogP contribution is -2.12. The SMILES string of the molecule is CCCc1cc(NN)nc(COCC)n1. The molecule has 0 aliphatic rings. The fourth-order valence-corrected chi connectivity index (χ4v) is 1.27. The van der Waals surface area contributed by atoms with E-state index in [2.05, 4.69) is 22.3 Å². The van der Waals surface area contributed by atoms with Crippen LogP contribution in [0.2, 0.25) is 0 Å². The number of rotatable bonds is 6. The second-order valence-electron chi connectivity index (χ2n) is 3.19. The van der Waals surface area contributed by atoms with Gasteiger partial charge in [0.1, 0.15) is 12.4 Å². The summed E-state index contributed by atoms with van der Waals surface area (Å²) in [5, 5.41) is 0. The highest BCUT2D eigenvalue weighted by atomic mass is 16.5. The molecule has 3 N–H and O–H groups in total. The van der Waals surface area contributed by atoms with E-state index < -0.39 is 0 Å². The molecule has 0 radical (unpaired) electrons. The fourth-order valence-electron chi connectivity index (χ4n) is 1.27. The second kappa shape index (κ2) is 6.31. The number of hydrazine groups is 1. The minimum Gasteiger partial charge on any atom is -0.374 e. The first-order valence-corrected chi connectivity index (χ1v) is 5.21. The summed E-state index contributed by atoms with van der Waals surface area (Å²) in [5.74, 6) is 6.65. The predicted octanol–water partition coefficient (Wildman–Crippen LogP) is 1.25. The van der Waals surface area contributed by atoms with Crippen LogP contribution in [-0.2, 0) is 17.8 Å². The van der Waals surface area contributed by atoms with Crippen molar-refractivity contribution in [2.24, 2.45) is 5.84 Å². The Balaban J connectivity index is 2.79. The van der Waals surface area contributed by atoms with Gasteiger partial charge in [0.05, 0.1) is 0 Å². The van der Waals surface area contributed by atoms with Gasteiger partial charge in [-0.2, -0.15) is 0 Å². The van der Waals surface area contributed by atoms with Gasteiger partial charge in [-0.05, 0) is 13.3 Å². The van der Waals surface area contributed by atoms with Gasteiger partial charge in [-0.3, -0.25) is 0 Å². The van der Waals surface area contributed by atoms with Gasteiger partial charge in [0.15, 0.2) is 5.82 Å². The van der Waals surface area contributed by atoms with Crippen molar-refractivity contribution in [2.75, 3.05) is 12.0 Å². The molecule has 1 aromatic heterocycles. The first-order valence-electron chi connectivity index (χ1n) is 5.21. The molecule has 1 aromatic rings. The molecule has 0 amide bonds. The van der Waals surface area contributed by atoms with Crippen molar-refractivity contribution in [3.8, 4) is 0 Å². The number of nitrogens with two attached hydrogens (primary N) is 1. The molecule has 15 heavy (non-hydrogen) atoms. The van der Waals surface area contributed by atoms with E-state index in [0.29, 0.717) is 24.9 Å². The van der Waals surface area contributed by atoms with Crippen LogP contribution in [-0.4, -0.2) is 16.6 Å². The van der Waals surface area contributed by atoms with Crippen LogP contribution in [0.25, 0.3) is 0 Å². The largest absolute Gasteiger partial charge is 0.374 e. The fraction of sp³-hybridized carbons (Fsp3) is 0.600. The second-order valence-corrected chi connectivity index (χ2v) is 3.19. The van der Waals surface area contributed by atoms with Crippen LogP contribution in [0.4, 0.5) is 5.82 Å². The third-order valence-corrected chi connectivity index (χ3v) is 1.91. The first kappa shape index (κ1) is 11.9. The number of aromatic nitrogens is 2. The van der Waals surface area contributed by atoms with Gasteiger partial charge in [0.2, 0.25) is 0 Å². The number of nitrogens with zero attached hydrogens (tertiary/aromatic N) is 2. The lowest BCUT2D eigenvalue weighted by Gasteiger charge is -2.06. The Bertz CT molecular complexity index is 303. The summed E-state index contributed by atoms with van der Waals surface area (Å²) >= 11 is 0. The zero-order valence-corrected chi connectivity index (χ0v) is 9.29. The highest BCUT2D eigenvalue weighted by Crippen LogP contribution is 2.08. The molecule has 0 saturated heterocycles. The monoisotopic (exact) mass is 210 g/mol. The lowest BCUT2D eigenvalue weighted by molar-refractivity contribution is 0.128. The van der Waals surface area contributed by atoms with Crippen LogP contribution >= 0.6 is 0 Å². The number of ether oxygens (including phenoxy) is 1. The molecule has 1 rings (SSSR count). The molecule has 0 aliphatic carbocycles. The summed E-state index contributed by atoms with van der Waals surface area (Å²) < 4.78 is 5.26. The Hall–Kier alpha value is -1.20. The molecule has 0 bridgehead atoms. The number of aryl methyl sites for hydroxylation is 1.